The summed E-state index contributed by atoms with van der Waals surface area (Å²) in [5.41, 5.74) is 7.42. The number of sulfonamides is 1. The first kappa shape index (κ1) is 25.8. The number of hydrogen-bond donors (Lipinski definition) is 1. The summed E-state index contributed by atoms with van der Waals surface area (Å²) in [5, 5.41) is 0. The molecule has 0 aliphatic heterocycles. The minimum atomic E-state index is -3.87. The molecule has 0 fully saturated rings. The van der Waals surface area contributed by atoms with Crippen LogP contribution in [-0.2, 0) is 10.0 Å². The molecule has 3 rings (SSSR count). The Balaban J connectivity index is 2.38. The number of benzene rings is 3. The Morgan fingerprint density at radius 3 is 1.55 bits per heavy atom. The summed E-state index contributed by atoms with van der Waals surface area (Å²) in [6.07, 6.45) is 0. The molecule has 0 unspecified atom stereocenters. The molecule has 3 aromatic carbocycles. The number of para-hydroxylation sites is 1. The van der Waals surface area contributed by atoms with Crippen molar-refractivity contribution in [3.63, 3.8) is 0 Å². The number of nitrogens with one attached hydrogen (secondary N) is 1. The second kappa shape index (κ2) is 9.45. The van der Waals surface area contributed by atoms with Gasteiger partial charge in [-0.1, -0.05) is 0 Å². The van der Waals surface area contributed by atoms with Crippen LogP contribution in [0.1, 0.15) is 33.4 Å². The summed E-state index contributed by atoms with van der Waals surface area (Å²) in [5.74, 6) is 0. The molecule has 0 spiro atoms. The molecule has 0 saturated carbocycles. The molecule has 0 radical (unpaired) electrons. The molecule has 0 aromatic heterocycles. The van der Waals surface area contributed by atoms with Crippen LogP contribution in [0.15, 0.2) is 53.4 Å². The fourth-order valence-corrected chi connectivity index (χ4v) is 17.2. The van der Waals surface area contributed by atoms with Crippen LogP contribution in [0.2, 0.25) is 0 Å². The predicted octanol–water partition coefficient (Wildman–Crippen LogP) is 4.69. The Bertz CT molecular complexity index is 1220. The van der Waals surface area contributed by atoms with Gasteiger partial charge in [-0.25, -0.2) is 0 Å². The van der Waals surface area contributed by atoms with Crippen LogP contribution in [0.3, 0.4) is 0 Å². The van der Waals surface area contributed by atoms with Gasteiger partial charge in [0.05, 0.1) is 0 Å². The molecule has 0 aliphatic carbocycles. The molecule has 176 valence electrons. The van der Waals surface area contributed by atoms with Gasteiger partial charge in [0, 0.05) is 0 Å². The van der Waals surface area contributed by atoms with Crippen LogP contribution in [0.4, 0.5) is 5.69 Å². The average molecular weight is 546 g/mol. The van der Waals surface area contributed by atoms with Crippen molar-refractivity contribution in [2.24, 2.45) is 0 Å². The Hall–Kier alpha value is -1.80. The van der Waals surface area contributed by atoms with Gasteiger partial charge < -0.3 is 0 Å². The summed E-state index contributed by atoms with van der Waals surface area (Å²) in [7, 11) is 7.26. The van der Waals surface area contributed by atoms with Gasteiger partial charge in [-0.05, 0) is 0 Å². The number of halogens is 1. The molecule has 0 atom stereocenters. The van der Waals surface area contributed by atoms with Gasteiger partial charge in [-0.15, -0.1) is 0 Å². The zero-order chi connectivity index (χ0) is 24.7. The normalized spacial score (nSPS) is 12.3. The maximum absolute atomic E-state index is 13.1. The molecule has 0 saturated heterocycles. The van der Waals surface area contributed by atoms with E-state index in [1.807, 2.05) is 12.1 Å². The van der Waals surface area contributed by atoms with Gasteiger partial charge in [0.1, 0.15) is 0 Å². The van der Waals surface area contributed by atoms with Crippen molar-refractivity contribution >= 4 is 47.1 Å². The van der Waals surface area contributed by atoms with Crippen molar-refractivity contribution in [3.05, 3.63) is 81.9 Å². The van der Waals surface area contributed by atoms with Crippen molar-refractivity contribution in [1.29, 1.82) is 0 Å². The number of rotatable bonds is 6. The Morgan fingerprint density at radius 2 is 1.15 bits per heavy atom. The van der Waals surface area contributed by atoms with Gasteiger partial charge in [-0.3, -0.25) is 0 Å². The second-order valence-corrected chi connectivity index (χ2v) is 19.6. The molecule has 4 nitrogen and oxygen atoms in total. The van der Waals surface area contributed by atoms with E-state index < -0.39 is 22.6 Å². The van der Waals surface area contributed by atoms with Crippen molar-refractivity contribution in [2.75, 3.05) is 18.4 Å². The van der Waals surface area contributed by atoms with E-state index in [0.717, 1.165) is 31.0 Å². The summed E-state index contributed by atoms with van der Waals surface area (Å²) in [6, 6.07) is 15.7. The molecule has 0 bridgehead atoms. The summed E-state index contributed by atoms with van der Waals surface area (Å²) in [4.78, 5) is 0.232. The summed E-state index contributed by atoms with van der Waals surface area (Å²) >= 11 is -3.87. The number of anilines is 1. The fourth-order valence-electron chi connectivity index (χ4n) is 4.87. The molecule has 0 amide bonds. The Labute approximate surface area is 205 Å². The fraction of sp³-hybridized carbons (Fsp3) is 0.308. The first-order chi connectivity index (χ1) is 15.3. The van der Waals surface area contributed by atoms with Crippen molar-refractivity contribution < 1.29 is 8.42 Å². The van der Waals surface area contributed by atoms with Crippen molar-refractivity contribution in [2.45, 2.75) is 46.4 Å². The van der Waals surface area contributed by atoms with E-state index in [-0.39, 0.29) is 4.90 Å². The minimum absolute atomic E-state index is 0.232. The van der Waals surface area contributed by atoms with E-state index >= 15 is 0 Å². The maximum atomic E-state index is 13.1. The molecule has 7 heteroatoms. The number of aryl methyl sites for hydroxylation is 6. The SMILES string of the molecule is Cc1cc(C)[c]([Ge]([Cl])([NH]c2ccccc2S(=O)(=O)N(C)C)[c]2c(C)cc(C)cc2C)c(C)c1. The Morgan fingerprint density at radius 1 is 0.758 bits per heavy atom. The quantitative estimate of drug-likeness (QED) is 0.457. The van der Waals surface area contributed by atoms with Gasteiger partial charge in [0.2, 0.25) is 0 Å². The van der Waals surface area contributed by atoms with E-state index in [1.54, 1.807) is 26.2 Å². The van der Waals surface area contributed by atoms with E-state index in [0.29, 0.717) is 5.69 Å². The van der Waals surface area contributed by atoms with Crippen LogP contribution < -0.4 is 13.1 Å². The van der Waals surface area contributed by atoms with E-state index in [1.165, 1.54) is 15.4 Å². The molecule has 33 heavy (non-hydrogen) atoms. The summed E-state index contributed by atoms with van der Waals surface area (Å²) < 4.78 is 33.4. The molecule has 3 aromatic rings. The summed E-state index contributed by atoms with van der Waals surface area (Å²) in [6.45, 7) is 12.6. The van der Waals surface area contributed by atoms with Crippen molar-refractivity contribution in [3.8, 4) is 0 Å². The van der Waals surface area contributed by atoms with Crippen LogP contribution in [0.25, 0.3) is 0 Å². The van der Waals surface area contributed by atoms with Gasteiger partial charge in [0.15, 0.2) is 0 Å². The van der Waals surface area contributed by atoms with E-state index in [4.69, 9.17) is 10.0 Å². The van der Waals surface area contributed by atoms with E-state index in [9.17, 15) is 8.42 Å². The van der Waals surface area contributed by atoms with E-state index in [2.05, 4.69) is 70.1 Å². The zero-order valence-electron chi connectivity index (χ0n) is 20.7. The molecule has 0 heterocycles. The van der Waals surface area contributed by atoms with Gasteiger partial charge in [0.25, 0.3) is 0 Å². The van der Waals surface area contributed by atoms with Crippen molar-refractivity contribution in [1.82, 2.24) is 4.31 Å². The van der Waals surface area contributed by atoms with Crippen LogP contribution in [0, 0.1) is 41.5 Å². The van der Waals surface area contributed by atoms with Gasteiger partial charge >= 0.3 is 207 Å². The topological polar surface area (TPSA) is 49.4 Å². The monoisotopic (exact) mass is 546 g/mol. The van der Waals surface area contributed by atoms with Gasteiger partial charge in [-0.2, -0.15) is 0 Å². The van der Waals surface area contributed by atoms with Crippen LogP contribution in [-0.4, -0.2) is 39.4 Å². The molecule has 1 N–H and O–H groups in total. The molecule has 0 aliphatic rings. The third-order valence-electron chi connectivity index (χ3n) is 6.00. The molecular formula is C26H33ClGeN2O2S. The molecular weight excluding hydrogens is 512 g/mol. The number of hydrogen-bond acceptors (Lipinski definition) is 3. The first-order valence-corrected chi connectivity index (χ1v) is 18.3. The third-order valence-corrected chi connectivity index (χ3v) is 17.8. The first-order valence-electron chi connectivity index (χ1n) is 10.9. The van der Waals surface area contributed by atoms with Crippen LogP contribution >= 0.6 is 10.0 Å². The predicted molar refractivity (Wildman–Crippen MR) is 143 cm³/mol. The Kier molecular flexibility index (Phi) is 7.39. The number of nitrogens with zero attached hydrogens (tertiary/aromatic N) is 1. The standard InChI is InChI=1S/C26H33ClGeN2O2S/c1-17-13-19(3)25(20(4)14-17)28(27,26-21(5)15-18(2)16-22(26)6)29-23-11-9-10-12-24(23)33(31,32)30(7)8/h9-16,29H,1-8H3. The zero-order valence-corrected chi connectivity index (χ0v) is 24.3. The third kappa shape index (κ3) is 4.87. The second-order valence-electron chi connectivity index (χ2n) is 9.11. The van der Waals surface area contributed by atoms with Crippen LogP contribution in [0.5, 0.6) is 0 Å². The average Bonchev–Trinajstić information content (AvgIpc) is 2.66.